The minimum Gasteiger partial charge on any atom is -0.462 e. The minimum absolute atomic E-state index is 0.0882. The number of carbonyl (C=O) groups is 1. The van der Waals surface area contributed by atoms with Gasteiger partial charge in [-0.2, -0.15) is 0 Å². The molecule has 222 valence electrons. The molecule has 10 nitrogen and oxygen atoms in total. The molecule has 43 heavy (non-hydrogen) atoms. The molecule has 7 rings (SSSR count). The molecule has 0 bridgehead atoms. The summed E-state index contributed by atoms with van der Waals surface area (Å²) in [7, 11) is 5.45. The number of rotatable bonds is 5. The Labute approximate surface area is 245 Å². The molecule has 0 saturated carbocycles. The molecule has 2 fully saturated rings. The zero-order valence-electron chi connectivity index (χ0n) is 24.3. The van der Waals surface area contributed by atoms with E-state index in [-0.39, 0.29) is 29.0 Å². The number of benzene rings is 1. The molecule has 1 aromatic carbocycles. The van der Waals surface area contributed by atoms with Crippen LogP contribution in [0, 0.1) is 17.6 Å². The Bertz CT molecular complexity index is 2020. The number of carbonyl (C=O) groups excluding carboxylic acids is 1. The summed E-state index contributed by atoms with van der Waals surface area (Å²) in [5, 5.41) is 3.80. The number of halogens is 2. The van der Waals surface area contributed by atoms with Crippen molar-refractivity contribution >= 4 is 50.3 Å². The highest BCUT2D eigenvalue weighted by Gasteiger charge is 2.42. The first-order chi connectivity index (χ1) is 20.7. The number of aryl methyl sites for hydroxylation is 1. The average Bonchev–Trinajstić information content (AvgIpc) is 3.68. The normalized spacial score (nSPS) is 18.7. The second-order valence-electron chi connectivity index (χ2n) is 11.4. The number of nitrogens with zero attached hydrogens (tertiary/aromatic N) is 5. The summed E-state index contributed by atoms with van der Waals surface area (Å²) in [6.45, 7) is 4.33. The summed E-state index contributed by atoms with van der Waals surface area (Å²) in [6.07, 6.45) is 5.72. The number of aromatic nitrogens is 4. The fourth-order valence-electron chi connectivity index (χ4n) is 6.96. The molecule has 6 heterocycles. The summed E-state index contributed by atoms with van der Waals surface area (Å²) in [4.78, 5) is 43.1. The van der Waals surface area contributed by atoms with Crippen LogP contribution >= 0.6 is 0 Å². The number of aromatic amines is 1. The predicted octanol–water partition coefficient (Wildman–Crippen LogP) is 4.27. The number of H-pyrrole nitrogens is 1. The van der Waals surface area contributed by atoms with Crippen molar-refractivity contribution in [2.75, 3.05) is 50.6 Å². The van der Waals surface area contributed by atoms with E-state index in [1.54, 1.807) is 44.0 Å². The van der Waals surface area contributed by atoms with Gasteiger partial charge in [-0.3, -0.25) is 4.79 Å². The maximum absolute atomic E-state index is 15.7. The molecule has 4 aromatic heterocycles. The van der Waals surface area contributed by atoms with Crippen molar-refractivity contribution in [3.05, 3.63) is 58.1 Å². The summed E-state index contributed by atoms with van der Waals surface area (Å²) < 4.78 is 37.4. The van der Waals surface area contributed by atoms with Gasteiger partial charge in [0.2, 0.25) is 5.43 Å². The topological polar surface area (TPSA) is 108 Å². The third-order valence-corrected chi connectivity index (χ3v) is 8.87. The highest BCUT2D eigenvalue weighted by Crippen LogP contribution is 2.46. The zero-order valence-corrected chi connectivity index (χ0v) is 24.3. The third kappa shape index (κ3) is 4.07. The van der Waals surface area contributed by atoms with E-state index in [4.69, 9.17) is 4.74 Å². The number of likely N-dealkylation sites (tertiary alicyclic amines) is 1. The highest BCUT2D eigenvalue weighted by atomic mass is 19.2. The Morgan fingerprint density at radius 2 is 1.98 bits per heavy atom. The first kappa shape index (κ1) is 27.3. The van der Waals surface area contributed by atoms with Gasteiger partial charge in [-0.25, -0.2) is 23.5 Å². The maximum atomic E-state index is 15.7. The first-order valence-corrected chi connectivity index (χ1v) is 14.3. The van der Waals surface area contributed by atoms with E-state index in [0.29, 0.717) is 50.6 Å². The number of esters is 1. The van der Waals surface area contributed by atoms with Crippen molar-refractivity contribution in [3.63, 3.8) is 0 Å². The van der Waals surface area contributed by atoms with Crippen molar-refractivity contribution in [2.24, 2.45) is 13.0 Å². The van der Waals surface area contributed by atoms with E-state index in [9.17, 15) is 14.0 Å². The number of hydrogen-bond donors (Lipinski definition) is 2. The van der Waals surface area contributed by atoms with E-state index < -0.39 is 23.0 Å². The predicted molar refractivity (Wildman–Crippen MR) is 162 cm³/mol. The van der Waals surface area contributed by atoms with Crippen LogP contribution in [0.1, 0.15) is 23.7 Å². The third-order valence-electron chi connectivity index (χ3n) is 8.87. The van der Waals surface area contributed by atoms with Gasteiger partial charge in [-0.1, -0.05) is 0 Å². The van der Waals surface area contributed by atoms with Crippen LogP contribution in [0.25, 0.3) is 44.1 Å². The number of likely N-dealkylation sites (N-methyl/N-ethyl adjacent to an activating group) is 1. The van der Waals surface area contributed by atoms with E-state index in [1.807, 2.05) is 0 Å². The summed E-state index contributed by atoms with van der Waals surface area (Å²) in [5.74, 6) is -2.19. The van der Waals surface area contributed by atoms with Gasteiger partial charge in [0, 0.05) is 75.6 Å². The van der Waals surface area contributed by atoms with Crippen molar-refractivity contribution in [2.45, 2.75) is 19.4 Å². The molecule has 2 N–H and O–H groups in total. The molecular weight excluding hydrogens is 556 g/mol. The fraction of sp³-hybridized carbons (Fsp3) is 0.355. The van der Waals surface area contributed by atoms with Crippen molar-refractivity contribution in [1.82, 2.24) is 24.4 Å². The van der Waals surface area contributed by atoms with Crippen LogP contribution in [-0.4, -0.2) is 76.8 Å². The van der Waals surface area contributed by atoms with Gasteiger partial charge in [0.25, 0.3) is 0 Å². The summed E-state index contributed by atoms with van der Waals surface area (Å²) >= 11 is 0. The fourth-order valence-corrected chi connectivity index (χ4v) is 6.96. The van der Waals surface area contributed by atoms with Crippen LogP contribution in [0.2, 0.25) is 0 Å². The van der Waals surface area contributed by atoms with Crippen LogP contribution < -0.4 is 15.6 Å². The minimum atomic E-state index is -0.962. The number of hydrogen-bond acceptors (Lipinski definition) is 8. The van der Waals surface area contributed by atoms with E-state index in [0.717, 1.165) is 32.1 Å². The molecule has 5 aromatic rings. The molecule has 2 saturated heterocycles. The van der Waals surface area contributed by atoms with E-state index in [1.165, 1.54) is 6.20 Å². The number of anilines is 2. The van der Waals surface area contributed by atoms with Gasteiger partial charge in [0.15, 0.2) is 11.6 Å². The molecule has 0 aliphatic carbocycles. The van der Waals surface area contributed by atoms with Crippen LogP contribution in [0.15, 0.2) is 35.5 Å². The Balaban J connectivity index is 1.54. The average molecular weight is 588 g/mol. The van der Waals surface area contributed by atoms with Crippen LogP contribution in [0.3, 0.4) is 0 Å². The molecule has 2 atom stereocenters. The van der Waals surface area contributed by atoms with Crippen LogP contribution in [-0.2, 0) is 11.8 Å². The van der Waals surface area contributed by atoms with Gasteiger partial charge in [-0.15, -0.1) is 0 Å². The van der Waals surface area contributed by atoms with Crippen LogP contribution in [0.4, 0.5) is 20.2 Å². The summed E-state index contributed by atoms with van der Waals surface area (Å²) in [6, 6.07) is 2.99. The SMILES string of the molecule is CCOC(=O)c1cn(C)c2ncc(-c3cnc4[nH]c5c(NC)cc(F)c(F)c5c4c3N3CCC4CN(C)CC43)cc2c1=O. The Morgan fingerprint density at radius 3 is 2.74 bits per heavy atom. The molecule has 0 amide bonds. The van der Waals surface area contributed by atoms with Gasteiger partial charge in [-0.05, 0) is 32.4 Å². The van der Waals surface area contributed by atoms with Crippen molar-refractivity contribution in [1.29, 1.82) is 0 Å². The van der Waals surface area contributed by atoms with Crippen molar-refractivity contribution in [3.8, 4) is 11.1 Å². The lowest BCUT2D eigenvalue weighted by molar-refractivity contribution is 0.0524. The van der Waals surface area contributed by atoms with E-state index >= 15 is 4.39 Å². The Kier molecular flexibility index (Phi) is 6.35. The monoisotopic (exact) mass is 587 g/mol. The number of fused-ring (bicyclic) bond motifs is 5. The lowest BCUT2D eigenvalue weighted by Gasteiger charge is -2.29. The largest absolute Gasteiger partial charge is 0.462 e. The molecular formula is C31H31F2N7O3. The summed E-state index contributed by atoms with van der Waals surface area (Å²) in [5.41, 5.74) is 3.01. The van der Waals surface area contributed by atoms with Gasteiger partial charge >= 0.3 is 5.97 Å². The van der Waals surface area contributed by atoms with Gasteiger partial charge in [0.1, 0.15) is 16.9 Å². The Morgan fingerprint density at radius 1 is 1.16 bits per heavy atom. The second kappa shape index (κ2) is 10.0. The Hall–Kier alpha value is -4.58. The van der Waals surface area contributed by atoms with Crippen molar-refractivity contribution < 1.29 is 18.3 Å². The number of pyridine rings is 3. The number of ether oxygens (including phenoxy) is 1. The van der Waals surface area contributed by atoms with Gasteiger partial charge in [0.05, 0.1) is 39.7 Å². The quantitative estimate of drug-likeness (QED) is 0.294. The smallest absolute Gasteiger partial charge is 0.343 e. The zero-order chi connectivity index (χ0) is 30.2. The van der Waals surface area contributed by atoms with Crippen LogP contribution in [0.5, 0.6) is 0 Å². The molecule has 2 aliphatic heterocycles. The van der Waals surface area contributed by atoms with E-state index in [2.05, 4.69) is 37.1 Å². The molecule has 2 unspecified atom stereocenters. The number of nitrogens with one attached hydrogen (secondary N) is 2. The van der Waals surface area contributed by atoms with Gasteiger partial charge < -0.3 is 29.4 Å². The molecule has 2 aliphatic rings. The lowest BCUT2D eigenvalue weighted by Crippen LogP contribution is -2.35. The standard InChI is InChI=1S/C31H31F2N7O3/c1-5-43-31(42)19-13-39(4)30-17(28(19)41)8-16(10-36-30)18-11-35-29-24(23-25(33)20(32)9-21(34-2)26(23)37-29)27(18)40-7-6-15-12-38(3)14-22(15)40/h8-11,13,15,22,34H,5-7,12,14H2,1-4H3,(H,35,37). The first-order valence-electron chi connectivity index (χ1n) is 14.3. The molecule has 12 heteroatoms. The maximum Gasteiger partial charge on any atom is 0.343 e. The lowest BCUT2D eigenvalue weighted by atomic mass is 9.99. The highest BCUT2D eigenvalue weighted by molar-refractivity contribution is 6.18. The molecule has 0 radical (unpaired) electrons. The molecule has 0 spiro atoms. The second-order valence-corrected chi connectivity index (χ2v) is 11.4.